The lowest BCUT2D eigenvalue weighted by atomic mass is 10.0. The van der Waals surface area contributed by atoms with Gasteiger partial charge in [-0.2, -0.15) is 0 Å². The summed E-state index contributed by atoms with van der Waals surface area (Å²) in [6.07, 6.45) is 1.98. The average molecular weight is 404 g/mol. The molecule has 2 unspecified atom stereocenters. The lowest BCUT2D eigenvalue weighted by molar-refractivity contribution is -0.128. The van der Waals surface area contributed by atoms with Crippen molar-refractivity contribution in [1.29, 1.82) is 0 Å². The monoisotopic (exact) mass is 404 g/mol. The summed E-state index contributed by atoms with van der Waals surface area (Å²) in [6, 6.07) is 12.8. The van der Waals surface area contributed by atoms with Crippen LogP contribution < -0.4 is 16.4 Å². The standard InChI is InChI=1S/C23H24N4O3/c1-13(2)20-22(29)25-18-9-5-3-8-16(18)23(30)27-12-14(11-17(24)21(28)26-20)15-7-4-6-10-19(15)27/h3-10,12-13,17,20H,11,24H2,1-2H3,(H,25,29)(H,26,28). The molecule has 0 saturated heterocycles. The molecular weight excluding hydrogens is 380 g/mol. The van der Waals surface area contributed by atoms with E-state index in [2.05, 4.69) is 10.6 Å². The third-order valence-electron chi connectivity index (χ3n) is 5.45. The van der Waals surface area contributed by atoms with E-state index in [1.807, 2.05) is 38.1 Å². The SMILES string of the molecule is CC(C)C1NC(=O)C(N)Cc2cn(c3ccccc23)C(=O)c2ccccc2NC1=O. The van der Waals surface area contributed by atoms with Crippen LogP contribution in [-0.2, 0) is 16.0 Å². The molecule has 1 aliphatic rings. The van der Waals surface area contributed by atoms with Crippen molar-refractivity contribution in [2.75, 3.05) is 5.32 Å². The molecule has 30 heavy (non-hydrogen) atoms. The Bertz CT molecular complexity index is 1150. The van der Waals surface area contributed by atoms with Gasteiger partial charge in [0.25, 0.3) is 5.91 Å². The van der Waals surface area contributed by atoms with Crippen LogP contribution in [0.25, 0.3) is 10.9 Å². The molecule has 1 aromatic heterocycles. The molecule has 2 heterocycles. The van der Waals surface area contributed by atoms with Gasteiger partial charge in [0.05, 0.1) is 22.8 Å². The van der Waals surface area contributed by atoms with Crippen molar-refractivity contribution in [3.63, 3.8) is 0 Å². The minimum atomic E-state index is -0.850. The first-order valence-corrected chi connectivity index (χ1v) is 9.96. The van der Waals surface area contributed by atoms with Gasteiger partial charge in [-0.05, 0) is 36.1 Å². The summed E-state index contributed by atoms with van der Waals surface area (Å²) in [5, 5.41) is 6.46. The number of fused-ring (bicyclic) bond motifs is 6. The minimum absolute atomic E-state index is 0.158. The number of anilines is 1. The highest BCUT2D eigenvalue weighted by atomic mass is 16.2. The summed E-state index contributed by atoms with van der Waals surface area (Å²) in [6.45, 7) is 3.69. The molecule has 0 saturated carbocycles. The first kappa shape index (κ1) is 19.8. The van der Waals surface area contributed by atoms with E-state index in [-0.39, 0.29) is 24.2 Å². The van der Waals surface area contributed by atoms with E-state index in [9.17, 15) is 14.4 Å². The molecule has 0 fully saturated rings. The van der Waals surface area contributed by atoms with Crippen LogP contribution in [0.1, 0.15) is 29.8 Å². The molecule has 3 aromatic rings. The maximum absolute atomic E-state index is 13.4. The number of para-hydroxylation sites is 2. The number of carbonyl (C=O) groups excluding carboxylic acids is 3. The molecule has 1 aliphatic heterocycles. The van der Waals surface area contributed by atoms with Gasteiger partial charge in [0.2, 0.25) is 11.8 Å². The van der Waals surface area contributed by atoms with Crippen molar-refractivity contribution in [2.24, 2.45) is 11.7 Å². The normalized spacial score (nSPS) is 20.1. The minimum Gasteiger partial charge on any atom is -0.343 e. The number of benzene rings is 2. The van der Waals surface area contributed by atoms with E-state index in [0.29, 0.717) is 11.3 Å². The fourth-order valence-corrected chi connectivity index (χ4v) is 3.82. The Hall–Kier alpha value is -3.45. The second kappa shape index (κ2) is 7.76. The Kier molecular flexibility index (Phi) is 5.13. The molecule has 4 N–H and O–H groups in total. The molecule has 2 atom stereocenters. The lowest BCUT2D eigenvalue weighted by Gasteiger charge is -2.24. The lowest BCUT2D eigenvalue weighted by Crippen LogP contribution is -2.52. The third kappa shape index (κ3) is 3.48. The fraction of sp³-hybridized carbons (Fsp3) is 0.261. The summed E-state index contributed by atoms with van der Waals surface area (Å²) < 4.78 is 1.55. The highest BCUT2D eigenvalue weighted by molar-refractivity contribution is 6.09. The Morgan fingerprint density at radius 2 is 1.70 bits per heavy atom. The summed E-state index contributed by atoms with van der Waals surface area (Å²) in [7, 11) is 0. The molecule has 4 rings (SSSR count). The average Bonchev–Trinajstić information content (AvgIpc) is 3.09. The zero-order valence-electron chi connectivity index (χ0n) is 16.9. The van der Waals surface area contributed by atoms with Crippen LogP contribution in [-0.4, -0.2) is 34.4 Å². The van der Waals surface area contributed by atoms with Crippen LogP contribution in [0.5, 0.6) is 0 Å². The molecule has 2 bridgehead atoms. The summed E-state index contributed by atoms with van der Waals surface area (Å²) >= 11 is 0. The molecule has 0 radical (unpaired) electrons. The molecular formula is C23H24N4O3. The molecule has 2 aromatic carbocycles. The van der Waals surface area contributed by atoms with Crippen LogP contribution in [0.3, 0.4) is 0 Å². The second-order valence-corrected chi connectivity index (χ2v) is 7.92. The molecule has 7 heteroatoms. The van der Waals surface area contributed by atoms with Gasteiger partial charge < -0.3 is 16.4 Å². The maximum Gasteiger partial charge on any atom is 0.264 e. The van der Waals surface area contributed by atoms with Crippen molar-refractivity contribution >= 4 is 34.3 Å². The predicted octanol–water partition coefficient (Wildman–Crippen LogP) is 2.29. The van der Waals surface area contributed by atoms with Crippen molar-refractivity contribution in [1.82, 2.24) is 9.88 Å². The zero-order valence-corrected chi connectivity index (χ0v) is 16.9. The van der Waals surface area contributed by atoms with Crippen LogP contribution in [0.4, 0.5) is 5.69 Å². The Morgan fingerprint density at radius 1 is 1.00 bits per heavy atom. The van der Waals surface area contributed by atoms with Crippen LogP contribution in [0.2, 0.25) is 0 Å². The van der Waals surface area contributed by atoms with E-state index in [0.717, 1.165) is 16.5 Å². The Morgan fingerprint density at radius 3 is 2.47 bits per heavy atom. The van der Waals surface area contributed by atoms with Gasteiger partial charge in [0.1, 0.15) is 6.04 Å². The topological polar surface area (TPSA) is 106 Å². The number of rotatable bonds is 1. The molecule has 7 nitrogen and oxygen atoms in total. The highest BCUT2D eigenvalue weighted by Gasteiger charge is 2.29. The van der Waals surface area contributed by atoms with E-state index in [1.165, 1.54) is 0 Å². The van der Waals surface area contributed by atoms with E-state index in [4.69, 9.17) is 5.73 Å². The number of nitrogens with one attached hydrogen (secondary N) is 2. The highest BCUT2D eigenvalue weighted by Crippen LogP contribution is 2.26. The summed E-state index contributed by atoms with van der Waals surface area (Å²) in [5.41, 5.74) is 8.48. The fourth-order valence-electron chi connectivity index (χ4n) is 3.82. The first-order valence-electron chi connectivity index (χ1n) is 9.96. The van der Waals surface area contributed by atoms with Gasteiger partial charge in [0.15, 0.2) is 0 Å². The predicted molar refractivity (Wildman–Crippen MR) is 115 cm³/mol. The Labute approximate surface area is 174 Å². The Balaban J connectivity index is 1.90. The number of nitrogens with zero attached hydrogens (tertiary/aromatic N) is 1. The van der Waals surface area contributed by atoms with Crippen LogP contribution in [0.15, 0.2) is 54.7 Å². The van der Waals surface area contributed by atoms with E-state index >= 15 is 0 Å². The van der Waals surface area contributed by atoms with E-state index in [1.54, 1.807) is 35.0 Å². The number of carbonyl (C=O) groups is 3. The quantitative estimate of drug-likeness (QED) is 0.578. The van der Waals surface area contributed by atoms with Gasteiger partial charge in [-0.15, -0.1) is 0 Å². The largest absolute Gasteiger partial charge is 0.343 e. The number of amides is 2. The van der Waals surface area contributed by atoms with Crippen LogP contribution >= 0.6 is 0 Å². The maximum atomic E-state index is 13.4. The zero-order chi connectivity index (χ0) is 21.4. The summed E-state index contributed by atoms with van der Waals surface area (Å²) in [4.78, 5) is 39.1. The summed E-state index contributed by atoms with van der Waals surface area (Å²) in [5.74, 6) is -1.21. The van der Waals surface area contributed by atoms with E-state index < -0.39 is 18.0 Å². The molecule has 2 amide bonds. The number of nitrogens with two attached hydrogens (primary N) is 1. The van der Waals surface area contributed by atoms with Gasteiger partial charge >= 0.3 is 0 Å². The molecule has 0 aliphatic carbocycles. The van der Waals surface area contributed by atoms with Crippen molar-refractivity contribution in [3.8, 4) is 0 Å². The first-order chi connectivity index (χ1) is 14.4. The molecule has 154 valence electrons. The van der Waals surface area contributed by atoms with Gasteiger partial charge in [-0.1, -0.05) is 44.2 Å². The number of hydrogen-bond donors (Lipinski definition) is 3. The van der Waals surface area contributed by atoms with Gasteiger partial charge in [0, 0.05) is 11.6 Å². The van der Waals surface area contributed by atoms with Crippen molar-refractivity contribution < 1.29 is 14.4 Å². The number of hydrogen-bond acceptors (Lipinski definition) is 4. The van der Waals surface area contributed by atoms with Crippen molar-refractivity contribution in [2.45, 2.75) is 32.4 Å². The second-order valence-electron chi connectivity index (χ2n) is 7.92. The van der Waals surface area contributed by atoms with Gasteiger partial charge in [-0.3, -0.25) is 19.0 Å². The third-order valence-corrected chi connectivity index (χ3v) is 5.45. The molecule has 0 spiro atoms. The smallest absolute Gasteiger partial charge is 0.264 e. The van der Waals surface area contributed by atoms with Crippen LogP contribution in [0, 0.1) is 5.92 Å². The number of aromatic nitrogens is 1. The van der Waals surface area contributed by atoms with Gasteiger partial charge in [-0.25, -0.2) is 0 Å². The van der Waals surface area contributed by atoms with Crippen molar-refractivity contribution in [3.05, 3.63) is 65.9 Å².